The molecule has 0 atom stereocenters. The SMILES string of the molecule is O=C(Nc1nccs1)c1ccc(-n2cnnn2)cc1. The third-order valence-electron chi connectivity index (χ3n) is 2.40. The molecule has 1 N–H and O–H groups in total. The van der Waals surface area contributed by atoms with Crippen LogP contribution in [0.25, 0.3) is 5.69 Å². The van der Waals surface area contributed by atoms with Crippen LogP contribution in [0.2, 0.25) is 0 Å². The van der Waals surface area contributed by atoms with Crippen molar-refractivity contribution in [1.29, 1.82) is 0 Å². The molecule has 0 unspecified atom stereocenters. The number of rotatable bonds is 3. The van der Waals surface area contributed by atoms with Gasteiger partial charge in [0, 0.05) is 17.1 Å². The monoisotopic (exact) mass is 272 g/mol. The summed E-state index contributed by atoms with van der Waals surface area (Å²) in [6.45, 7) is 0. The van der Waals surface area contributed by atoms with Crippen LogP contribution in [0, 0.1) is 0 Å². The van der Waals surface area contributed by atoms with Crippen LogP contribution in [-0.4, -0.2) is 31.1 Å². The van der Waals surface area contributed by atoms with Gasteiger partial charge >= 0.3 is 0 Å². The summed E-state index contributed by atoms with van der Waals surface area (Å²) >= 11 is 1.37. The van der Waals surface area contributed by atoms with Crippen LogP contribution in [-0.2, 0) is 0 Å². The first kappa shape index (κ1) is 11.5. The van der Waals surface area contributed by atoms with Crippen LogP contribution in [0.4, 0.5) is 5.13 Å². The molecule has 2 heterocycles. The highest BCUT2D eigenvalue weighted by atomic mass is 32.1. The number of carbonyl (C=O) groups excluding carboxylic acids is 1. The summed E-state index contributed by atoms with van der Waals surface area (Å²) in [4.78, 5) is 15.9. The predicted molar refractivity (Wildman–Crippen MR) is 69.2 cm³/mol. The summed E-state index contributed by atoms with van der Waals surface area (Å²) in [6, 6.07) is 6.96. The molecule has 94 valence electrons. The fourth-order valence-corrected chi connectivity index (χ4v) is 2.02. The smallest absolute Gasteiger partial charge is 0.257 e. The zero-order valence-corrected chi connectivity index (χ0v) is 10.4. The molecule has 8 heteroatoms. The second-order valence-electron chi connectivity index (χ2n) is 3.59. The van der Waals surface area contributed by atoms with Gasteiger partial charge in [0.2, 0.25) is 0 Å². The zero-order valence-electron chi connectivity index (χ0n) is 9.59. The molecule has 0 spiro atoms. The molecule has 0 aliphatic heterocycles. The quantitative estimate of drug-likeness (QED) is 0.778. The summed E-state index contributed by atoms with van der Waals surface area (Å²) in [5.41, 5.74) is 1.34. The topological polar surface area (TPSA) is 85.6 Å². The molecule has 0 radical (unpaired) electrons. The van der Waals surface area contributed by atoms with Crippen molar-refractivity contribution in [3.8, 4) is 5.69 Å². The van der Waals surface area contributed by atoms with E-state index in [9.17, 15) is 4.79 Å². The molecular weight excluding hydrogens is 264 g/mol. The number of aromatic nitrogens is 5. The van der Waals surface area contributed by atoms with E-state index in [1.165, 1.54) is 22.3 Å². The maximum atomic E-state index is 11.9. The van der Waals surface area contributed by atoms with Crippen LogP contribution < -0.4 is 5.32 Å². The Morgan fingerprint density at radius 2 is 2.11 bits per heavy atom. The molecule has 0 saturated carbocycles. The highest BCUT2D eigenvalue weighted by molar-refractivity contribution is 7.13. The number of nitrogens with zero attached hydrogens (tertiary/aromatic N) is 5. The van der Waals surface area contributed by atoms with Crippen molar-refractivity contribution in [2.75, 3.05) is 5.32 Å². The van der Waals surface area contributed by atoms with Gasteiger partial charge in [-0.2, -0.15) is 0 Å². The number of amides is 1. The lowest BCUT2D eigenvalue weighted by Gasteiger charge is -2.03. The Kier molecular flexibility index (Phi) is 2.99. The summed E-state index contributed by atoms with van der Waals surface area (Å²) in [5.74, 6) is -0.196. The molecule has 19 heavy (non-hydrogen) atoms. The van der Waals surface area contributed by atoms with Gasteiger partial charge in [-0.15, -0.1) is 16.4 Å². The van der Waals surface area contributed by atoms with Crippen molar-refractivity contribution in [1.82, 2.24) is 25.2 Å². The van der Waals surface area contributed by atoms with Crippen LogP contribution in [0.15, 0.2) is 42.2 Å². The second kappa shape index (κ2) is 4.94. The van der Waals surface area contributed by atoms with Crippen molar-refractivity contribution < 1.29 is 4.79 Å². The Labute approximate surface area is 111 Å². The van der Waals surface area contributed by atoms with Crippen molar-refractivity contribution >= 4 is 22.4 Å². The minimum atomic E-state index is -0.196. The first-order valence-corrected chi connectivity index (χ1v) is 6.25. The number of benzene rings is 1. The first-order chi connectivity index (χ1) is 9.33. The average molecular weight is 272 g/mol. The maximum absolute atomic E-state index is 11.9. The van der Waals surface area contributed by atoms with Gasteiger partial charge in [-0.1, -0.05) is 0 Å². The lowest BCUT2D eigenvalue weighted by Crippen LogP contribution is -2.11. The highest BCUT2D eigenvalue weighted by Crippen LogP contribution is 2.13. The Balaban J connectivity index is 1.77. The molecule has 0 aliphatic carbocycles. The van der Waals surface area contributed by atoms with Crippen LogP contribution in [0.5, 0.6) is 0 Å². The number of hydrogen-bond acceptors (Lipinski definition) is 6. The second-order valence-corrected chi connectivity index (χ2v) is 4.49. The molecule has 1 aromatic carbocycles. The Morgan fingerprint density at radius 1 is 1.26 bits per heavy atom. The lowest BCUT2D eigenvalue weighted by atomic mass is 10.2. The molecule has 0 saturated heterocycles. The maximum Gasteiger partial charge on any atom is 0.257 e. The van der Waals surface area contributed by atoms with E-state index in [1.54, 1.807) is 35.8 Å². The van der Waals surface area contributed by atoms with E-state index < -0.39 is 0 Å². The van der Waals surface area contributed by atoms with Crippen molar-refractivity contribution in [3.05, 3.63) is 47.7 Å². The van der Waals surface area contributed by atoms with E-state index in [0.717, 1.165) is 5.69 Å². The van der Waals surface area contributed by atoms with Crippen molar-refractivity contribution in [3.63, 3.8) is 0 Å². The van der Waals surface area contributed by atoms with E-state index in [0.29, 0.717) is 10.7 Å². The molecule has 0 aliphatic rings. The van der Waals surface area contributed by atoms with Crippen LogP contribution >= 0.6 is 11.3 Å². The van der Waals surface area contributed by atoms with E-state index in [1.807, 2.05) is 0 Å². The van der Waals surface area contributed by atoms with E-state index in [2.05, 4.69) is 25.8 Å². The van der Waals surface area contributed by atoms with E-state index >= 15 is 0 Å². The zero-order chi connectivity index (χ0) is 13.1. The van der Waals surface area contributed by atoms with Gasteiger partial charge in [0.1, 0.15) is 6.33 Å². The predicted octanol–water partition coefficient (Wildman–Crippen LogP) is 1.37. The van der Waals surface area contributed by atoms with Gasteiger partial charge in [0.15, 0.2) is 5.13 Å². The number of anilines is 1. The van der Waals surface area contributed by atoms with Crippen molar-refractivity contribution in [2.45, 2.75) is 0 Å². The van der Waals surface area contributed by atoms with Gasteiger partial charge in [-0.3, -0.25) is 10.1 Å². The summed E-state index contributed by atoms with van der Waals surface area (Å²) in [6.07, 6.45) is 3.13. The normalized spacial score (nSPS) is 10.3. The summed E-state index contributed by atoms with van der Waals surface area (Å²) < 4.78 is 1.52. The van der Waals surface area contributed by atoms with Gasteiger partial charge < -0.3 is 0 Å². The van der Waals surface area contributed by atoms with Crippen molar-refractivity contribution in [2.24, 2.45) is 0 Å². The Hall–Kier alpha value is -2.61. The third kappa shape index (κ3) is 2.47. The molecule has 3 rings (SSSR count). The Bertz CT molecular complexity index is 662. The number of tetrazole rings is 1. The minimum absolute atomic E-state index is 0.196. The Morgan fingerprint density at radius 3 is 2.74 bits per heavy atom. The average Bonchev–Trinajstić information content (AvgIpc) is 3.12. The molecule has 2 aromatic heterocycles. The fourth-order valence-electron chi connectivity index (χ4n) is 1.50. The molecule has 7 nitrogen and oxygen atoms in total. The fraction of sp³-hybridized carbons (Fsp3) is 0. The molecular formula is C11H8N6OS. The van der Waals surface area contributed by atoms with Gasteiger partial charge in [0.05, 0.1) is 5.69 Å². The summed E-state index contributed by atoms with van der Waals surface area (Å²) in [7, 11) is 0. The lowest BCUT2D eigenvalue weighted by molar-refractivity contribution is 0.102. The van der Waals surface area contributed by atoms with Crippen LogP contribution in [0.3, 0.4) is 0 Å². The number of carbonyl (C=O) groups is 1. The van der Waals surface area contributed by atoms with E-state index in [-0.39, 0.29) is 5.91 Å². The number of hydrogen-bond donors (Lipinski definition) is 1. The molecule has 0 bridgehead atoms. The first-order valence-electron chi connectivity index (χ1n) is 5.37. The third-order valence-corrected chi connectivity index (χ3v) is 3.08. The van der Waals surface area contributed by atoms with Gasteiger partial charge in [-0.25, -0.2) is 9.67 Å². The van der Waals surface area contributed by atoms with Gasteiger partial charge in [0.25, 0.3) is 5.91 Å². The van der Waals surface area contributed by atoms with Gasteiger partial charge in [-0.05, 0) is 34.7 Å². The molecule has 3 aromatic rings. The molecule has 1 amide bonds. The van der Waals surface area contributed by atoms with E-state index in [4.69, 9.17) is 0 Å². The summed E-state index contributed by atoms with van der Waals surface area (Å²) in [5, 5.41) is 16.0. The standard InChI is InChI=1S/C11H8N6OS/c18-10(14-11-12-5-6-19-11)8-1-3-9(4-2-8)17-7-13-15-16-17/h1-7H,(H,12,14,18). The number of nitrogens with one attached hydrogen (secondary N) is 1. The minimum Gasteiger partial charge on any atom is -0.298 e. The molecule has 0 fully saturated rings. The highest BCUT2D eigenvalue weighted by Gasteiger charge is 2.07. The largest absolute Gasteiger partial charge is 0.298 e. The van der Waals surface area contributed by atoms with Crippen LogP contribution in [0.1, 0.15) is 10.4 Å². The number of thiazole rings is 1.